The van der Waals surface area contributed by atoms with E-state index in [2.05, 4.69) is 65.2 Å². The zero-order valence-corrected chi connectivity index (χ0v) is 20.4. The summed E-state index contributed by atoms with van der Waals surface area (Å²) in [5, 5.41) is 0. The van der Waals surface area contributed by atoms with E-state index in [4.69, 9.17) is 0 Å². The molecule has 3 aliphatic carbocycles. The van der Waals surface area contributed by atoms with Gasteiger partial charge >= 0.3 is 0 Å². The average Bonchev–Trinajstić information content (AvgIpc) is 2.73. The van der Waals surface area contributed by atoms with E-state index in [1.807, 2.05) is 0 Å². The van der Waals surface area contributed by atoms with Gasteiger partial charge in [-0.15, -0.1) is 13.2 Å². The molecule has 168 valence electrons. The summed E-state index contributed by atoms with van der Waals surface area (Å²) in [7, 11) is 0. The largest absolute Gasteiger partial charge is 0.103 e. The van der Waals surface area contributed by atoms with E-state index < -0.39 is 0 Å². The van der Waals surface area contributed by atoms with Gasteiger partial charge < -0.3 is 0 Å². The molecule has 3 saturated carbocycles. The van der Waals surface area contributed by atoms with E-state index in [0.29, 0.717) is 0 Å². The second-order valence-corrected chi connectivity index (χ2v) is 10.5. The molecule has 0 aliphatic heterocycles. The van der Waals surface area contributed by atoms with Crippen LogP contribution in [0.1, 0.15) is 111 Å². The summed E-state index contributed by atoms with van der Waals surface area (Å²) in [4.78, 5) is 0. The van der Waals surface area contributed by atoms with E-state index in [1.54, 1.807) is 0 Å². The molecular formula is C29H52. The van der Waals surface area contributed by atoms with Crippen molar-refractivity contribution in [2.45, 2.75) is 111 Å². The van der Waals surface area contributed by atoms with Crippen molar-refractivity contribution in [3.05, 3.63) is 37.5 Å². The van der Waals surface area contributed by atoms with Gasteiger partial charge in [0.2, 0.25) is 0 Å². The lowest BCUT2D eigenvalue weighted by Crippen LogP contribution is -2.11. The Kier molecular flexibility index (Phi) is 14.5. The molecule has 0 atom stereocenters. The Hall–Kier alpha value is -0.780. The van der Waals surface area contributed by atoms with Crippen LogP contribution in [0.3, 0.4) is 0 Å². The predicted molar refractivity (Wildman–Crippen MR) is 133 cm³/mol. The standard InChI is InChI=1S/2C10H18.C9H16/c2*1-3-4-10-7-5-9(2)6-8-10;1-3-9-6-4-8(2)5-7-9/h3-4,9-10H,5-8H2,1-2H3;3,9-10H,1,4-8H2,2H3;3,8-9H,1,4-7H2,2H3. The van der Waals surface area contributed by atoms with Crippen LogP contribution in [0.5, 0.6) is 0 Å². The lowest BCUT2D eigenvalue weighted by molar-refractivity contribution is 0.292. The maximum absolute atomic E-state index is 3.81. The van der Waals surface area contributed by atoms with Gasteiger partial charge in [-0.05, 0) is 87.4 Å². The number of allylic oxidation sites excluding steroid dienone is 4. The summed E-state index contributed by atoms with van der Waals surface area (Å²) < 4.78 is 0. The highest BCUT2D eigenvalue weighted by molar-refractivity contribution is 4.88. The predicted octanol–water partition coefficient (Wildman–Crippen LogP) is 9.78. The zero-order valence-electron chi connectivity index (χ0n) is 20.4. The van der Waals surface area contributed by atoms with Gasteiger partial charge in [0.05, 0.1) is 0 Å². The van der Waals surface area contributed by atoms with Crippen LogP contribution in [0.25, 0.3) is 0 Å². The molecule has 0 radical (unpaired) electrons. The zero-order chi connectivity index (χ0) is 21.5. The molecule has 0 bridgehead atoms. The summed E-state index contributed by atoms with van der Waals surface area (Å²) in [6, 6.07) is 0. The van der Waals surface area contributed by atoms with E-state index in [0.717, 1.165) is 35.5 Å². The van der Waals surface area contributed by atoms with Gasteiger partial charge in [0.1, 0.15) is 0 Å². The summed E-state index contributed by atoms with van der Waals surface area (Å²) >= 11 is 0. The van der Waals surface area contributed by atoms with Crippen LogP contribution in [-0.4, -0.2) is 0 Å². The highest BCUT2D eigenvalue weighted by atomic mass is 14.2. The Labute approximate surface area is 184 Å². The van der Waals surface area contributed by atoms with Gasteiger partial charge in [0, 0.05) is 0 Å². The van der Waals surface area contributed by atoms with Crippen molar-refractivity contribution >= 4 is 0 Å². The van der Waals surface area contributed by atoms with Gasteiger partial charge in [-0.25, -0.2) is 0 Å². The molecule has 29 heavy (non-hydrogen) atoms. The fourth-order valence-electron chi connectivity index (χ4n) is 5.07. The van der Waals surface area contributed by atoms with E-state index in [9.17, 15) is 0 Å². The topological polar surface area (TPSA) is 0 Å². The van der Waals surface area contributed by atoms with Crippen molar-refractivity contribution in [1.29, 1.82) is 0 Å². The Balaban J connectivity index is 0.000000218. The molecule has 0 unspecified atom stereocenters. The third kappa shape index (κ3) is 12.5. The summed E-state index contributed by atoms with van der Waals surface area (Å²) in [5.41, 5.74) is 0. The van der Waals surface area contributed by atoms with E-state index in [-0.39, 0.29) is 0 Å². The Morgan fingerprint density at radius 2 is 1.03 bits per heavy atom. The molecule has 0 aromatic carbocycles. The lowest BCUT2D eigenvalue weighted by atomic mass is 9.81. The molecule has 0 nitrogen and oxygen atoms in total. The van der Waals surface area contributed by atoms with Crippen molar-refractivity contribution in [3.8, 4) is 0 Å². The number of rotatable bonds is 4. The average molecular weight is 401 g/mol. The minimum Gasteiger partial charge on any atom is -0.103 e. The first-order valence-corrected chi connectivity index (χ1v) is 12.8. The fourth-order valence-corrected chi connectivity index (χ4v) is 5.07. The van der Waals surface area contributed by atoms with Crippen LogP contribution in [0.4, 0.5) is 0 Å². The molecule has 3 aliphatic rings. The third-order valence-electron chi connectivity index (χ3n) is 7.55. The summed E-state index contributed by atoms with van der Waals surface area (Å²) in [6.45, 7) is 16.8. The number of hydrogen-bond donors (Lipinski definition) is 0. The van der Waals surface area contributed by atoms with Gasteiger partial charge in [-0.2, -0.15) is 0 Å². The van der Waals surface area contributed by atoms with Crippen LogP contribution in [0.2, 0.25) is 0 Å². The SMILES string of the molecule is C=CC1CCC(C)CC1.C=CCC1CCC(C)CC1.CC=CC1CCC(C)CC1. The Morgan fingerprint density at radius 1 is 0.621 bits per heavy atom. The number of hydrogen-bond acceptors (Lipinski definition) is 0. The van der Waals surface area contributed by atoms with E-state index >= 15 is 0 Å². The first kappa shape index (κ1) is 26.3. The van der Waals surface area contributed by atoms with Gasteiger partial charge in [0.25, 0.3) is 0 Å². The lowest BCUT2D eigenvalue weighted by Gasteiger charge is -2.24. The van der Waals surface area contributed by atoms with Gasteiger partial charge in [0.15, 0.2) is 0 Å². The summed E-state index contributed by atoms with van der Waals surface area (Å²) in [5.74, 6) is 5.65. The van der Waals surface area contributed by atoms with Crippen LogP contribution >= 0.6 is 0 Å². The minimum absolute atomic E-state index is 0.834. The molecule has 3 rings (SSSR count). The molecule has 0 aromatic rings. The molecule has 0 N–H and O–H groups in total. The Bertz CT molecular complexity index is 421. The first-order valence-electron chi connectivity index (χ1n) is 12.8. The van der Waals surface area contributed by atoms with Crippen molar-refractivity contribution < 1.29 is 0 Å². The second kappa shape index (κ2) is 16.0. The van der Waals surface area contributed by atoms with Gasteiger partial charge in [-0.1, -0.05) is 83.6 Å². The molecule has 0 spiro atoms. The molecular weight excluding hydrogens is 348 g/mol. The molecule has 0 aromatic heterocycles. The first-order chi connectivity index (χ1) is 14.0. The monoisotopic (exact) mass is 400 g/mol. The van der Waals surface area contributed by atoms with Crippen molar-refractivity contribution in [2.75, 3.05) is 0 Å². The van der Waals surface area contributed by atoms with Gasteiger partial charge in [-0.3, -0.25) is 0 Å². The normalized spacial score (nSPS) is 34.9. The summed E-state index contributed by atoms with van der Waals surface area (Å²) in [6.07, 6.45) is 27.1. The maximum atomic E-state index is 3.81. The third-order valence-corrected chi connectivity index (χ3v) is 7.55. The second-order valence-electron chi connectivity index (χ2n) is 10.5. The van der Waals surface area contributed by atoms with E-state index in [1.165, 1.54) is 83.5 Å². The molecule has 0 heterocycles. The molecule has 0 saturated heterocycles. The molecule has 3 fully saturated rings. The Morgan fingerprint density at radius 3 is 1.41 bits per heavy atom. The quantitative estimate of drug-likeness (QED) is 0.412. The molecule has 0 amide bonds. The highest BCUT2D eigenvalue weighted by Gasteiger charge is 2.17. The minimum atomic E-state index is 0.834. The van der Waals surface area contributed by atoms with Crippen LogP contribution < -0.4 is 0 Å². The molecule has 0 heteroatoms. The van der Waals surface area contributed by atoms with Crippen molar-refractivity contribution in [3.63, 3.8) is 0 Å². The maximum Gasteiger partial charge on any atom is -0.0233 e. The van der Waals surface area contributed by atoms with Crippen molar-refractivity contribution in [1.82, 2.24) is 0 Å². The van der Waals surface area contributed by atoms with Crippen LogP contribution in [-0.2, 0) is 0 Å². The van der Waals surface area contributed by atoms with Crippen molar-refractivity contribution in [2.24, 2.45) is 35.5 Å². The van der Waals surface area contributed by atoms with Crippen LogP contribution in [0.15, 0.2) is 37.5 Å². The smallest absolute Gasteiger partial charge is 0.0233 e. The highest BCUT2D eigenvalue weighted by Crippen LogP contribution is 2.30. The fraction of sp³-hybridized carbons (Fsp3) is 0.793. The van der Waals surface area contributed by atoms with Crippen LogP contribution in [0, 0.1) is 35.5 Å².